The van der Waals surface area contributed by atoms with E-state index in [1.54, 1.807) is 36.1 Å². The smallest absolute Gasteiger partial charge is 0.245 e. The minimum absolute atomic E-state index is 0.0699. The highest BCUT2D eigenvalue weighted by Crippen LogP contribution is 2.18. The van der Waals surface area contributed by atoms with E-state index in [1.165, 1.54) is 0 Å². The van der Waals surface area contributed by atoms with E-state index in [9.17, 15) is 14.7 Å². The fraction of sp³-hybridized carbons (Fsp3) is 0.429. The van der Waals surface area contributed by atoms with Gasteiger partial charge in [0.15, 0.2) is 0 Å². The van der Waals surface area contributed by atoms with Crippen LogP contribution in [0, 0.1) is 0 Å². The van der Waals surface area contributed by atoms with Crippen LogP contribution >= 0.6 is 0 Å². The molecule has 1 aromatic rings. The molecular weight excluding hydrogens is 244 g/mol. The molecule has 0 unspecified atom stereocenters. The van der Waals surface area contributed by atoms with Crippen molar-refractivity contribution >= 4 is 11.8 Å². The Morgan fingerprint density at radius 3 is 2.47 bits per heavy atom. The second kappa shape index (κ2) is 5.30. The summed E-state index contributed by atoms with van der Waals surface area (Å²) in [6.07, 6.45) is 0.586. The molecule has 0 aliphatic carbocycles. The van der Waals surface area contributed by atoms with Crippen molar-refractivity contribution in [3.8, 4) is 5.75 Å². The zero-order valence-corrected chi connectivity index (χ0v) is 11.1. The molecule has 1 aliphatic heterocycles. The van der Waals surface area contributed by atoms with E-state index in [4.69, 9.17) is 0 Å². The molecule has 1 heterocycles. The van der Waals surface area contributed by atoms with Crippen LogP contribution in [0.15, 0.2) is 24.3 Å². The van der Waals surface area contributed by atoms with E-state index in [2.05, 4.69) is 5.32 Å². The largest absolute Gasteiger partial charge is 0.508 e. The highest BCUT2D eigenvalue weighted by molar-refractivity contribution is 5.96. The summed E-state index contributed by atoms with van der Waals surface area (Å²) >= 11 is 0. The summed E-state index contributed by atoms with van der Waals surface area (Å²) in [6, 6.07) is 5.77. The number of benzene rings is 1. The van der Waals surface area contributed by atoms with Gasteiger partial charge in [0.2, 0.25) is 11.8 Å². The zero-order chi connectivity index (χ0) is 14.0. The Morgan fingerprint density at radius 1 is 1.26 bits per heavy atom. The standard InChI is InChI=1S/C14H18N2O3/c1-3-12-13(18)15-9(2)14(19)16(12)8-10-4-6-11(17)7-5-10/h4-7,9,12,17H,3,8H2,1-2H3,(H,15,18)/t9-,12+/m0/s1. The van der Waals surface area contributed by atoms with Gasteiger partial charge in [-0.1, -0.05) is 19.1 Å². The summed E-state index contributed by atoms with van der Waals surface area (Å²) in [4.78, 5) is 25.7. The number of phenolic OH excluding ortho intramolecular Hbond substituents is 1. The minimum atomic E-state index is -0.479. The number of carbonyl (C=O) groups excluding carboxylic acids is 2. The van der Waals surface area contributed by atoms with Crippen LogP contribution in [0.3, 0.4) is 0 Å². The van der Waals surface area contributed by atoms with Crippen LogP contribution in [0.2, 0.25) is 0 Å². The van der Waals surface area contributed by atoms with Gasteiger partial charge in [0.1, 0.15) is 17.8 Å². The van der Waals surface area contributed by atoms with Crippen molar-refractivity contribution in [2.45, 2.75) is 38.9 Å². The Labute approximate surface area is 112 Å². The zero-order valence-electron chi connectivity index (χ0n) is 11.1. The van der Waals surface area contributed by atoms with Crippen molar-refractivity contribution in [3.63, 3.8) is 0 Å². The number of carbonyl (C=O) groups is 2. The quantitative estimate of drug-likeness (QED) is 0.854. The third-order valence-electron chi connectivity index (χ3n) is 3.37. The fourth-order valence-corrected chi connectivity index (χ4v) is 2.31. The normalized spacial score (nSPS) is 23.4. The molecule has 2 amide bonds. The van der Waals surface area contributed by atoms with Crippen molar-refractivity contribution < 1.29 is 14.7 Å². The summed E-state index contributed by atoms with van der Waals surface area (Å²) in [5.41, 5.74) is 0.895. The molecule has 2 rings (SSSR count). The molecule has 2 N–H and O–H groups in total. The minimum Gasteiger partial charge on any atom is -0.508 e. The molecule has 1 aliphatic rings. The maximum Gasteiger partial charge on any atom is 0.245 e. The number of hydrogen-bond acceptors (Lipinski definition) is 3. The Balaban J connectivity index is 2.21. The van der Waals surface area contributed by atoms with Gasteiger partial charge in [-0.05, 0) is 31.0 Å². The van der Waals surface area contributed by atoms with Gasteiger partial charge in [-0.2, -0.15) is 0 Å². The van der Waals surface area contributed by atoms with E-state index in [1.807, 2.05) is 6.92 Å². The molecule has 0 saturated carbocycles. The molecule has 0 bridgehead atoms. The molecule has 2 atom stereocenters. The molecule has 0 aromatic heterocycles. The number of phenols is 1. The molecule has 19 heavy (non-hydrogen) atoms. The lowest BCUT2D eigenvalue weighted by molar-refractivity contribution is -0.149. The molecule has 0 spiro atoms. The molecule has 5 nitrogen and oxygen atoms in total. The summed E-state index contributed by atoms with van der Waals surface area (Å²) in [5, 5.41) is 11.9. The van der Waals surface area contributed by atoms with Gasteiger partial charge in [-0.25, -0.2) is 0 Å². The third-order valence-corrected chi connectivity index (χ3v) is 3.37. The molecule has 0 radical (unpaired) electrons. The van der Waals surface area contributed by atoms with Crippen LogP contribution in [-0.4, -0.2) is 33.9 Å². The summed E-state index contributed by atoms with van der Waals surface area (Å²) in [6.45, 7) is 3.96. The van der Waals surface area contributed by atoms with E-state index < -0.39 is 12.1 Å². The Hall–Kier alpha value is -2.04. The lowest BCUT2D eigenvalue weighted by Crippen LogP contribution is -2.61. The van der Waals surface area contributed by atoms with Crippen molar-refractivity contribution in [1.29, 1.82) is 0 Å². The topological polar surface area (TPSA) is 69.6 Å². The second-order valence-corrected chi connectivity index (χ2v) is 4.79. The van der Waals surface area contributed by atoms with Crippen LogP contribution in [0.4, 0.5) is 0 Å². The number of nitrogens with one attached hydrogen (secondary N) is 1. The highest BCUT2D eigenvalue weighted by Gasteiger charge is 2.37. The number of hydrogen-bond donors (Lipinski definition) is 2. The fourth-order valence-electron chi connectivity index (χ4n) is 2.31. The van der Waals surface area contributed by atoms with E-state index in [0.29, 0.717) is 13.0 Å². The third kappa shape index (κ3) is 2.70. The van der Waals surface area contributed by atoms with E-state index in [-0.39, 0.29) is 17.6 Å². The molecular formula is C14H18N2O3. The van der Waals surface area contributed by atoms with Gasteiger partial charge in [-0.15, -0.1) is 0 Å². The van der Waals surface area contributed by atoms with Crippen LogP contribution < -0.4 is 5.32 Å². The summed E-state index contributed by atoms with van der Waals surface area (Å²) in [5.74, 6) is 0.0137. The first-order chi connectivity index (χ1) is 9.02. The van der Waals surface area contributed by atoms with Crippen molar-refractivity contribution in [2.24, 2.45) is 0 Å². The van der Waals surface area contributed by atoms with Crippen LogP contribution in [0.1, 0.15) is 25.8 Å². The van der Waals surface area contributed by atoms with E-state index in [0.717, 1.165) is 5.56 Å². The molecule has 1 saturated heterocycles. The Kier molecular flexibility index (Phi) is 3.74. The lowest BCUT2D eigenvalue weighted by atomic mass is 10.0. The number of amides is 2. The second-order valence-electron chi connectivity index (χ2n) is 4.79. The first-order valence-corrected chi connectivity index (χ1v) is 6.41. The van der Waals surface area contributed by atoms with Crippen LogP contribution in [0.25, 0.3) is 0 Å². The molecule has 1 aromatic carbocycles. The lowest BCUT2D eigenvalue weighted by Gasteiger charge is -2.37. The van der Waals surface area contributed by atoms with Gasteiger partial charge < -0.3 is 15.3 Å². The number of aromatic hydroxyl groups is 1. The van der Waals surface area contributed by atoms with Crippen molar-refractivity contribution in [3.05, 3.63) is 29.8 Å². The van der Waals surface area contributed by atoms with Gasteiger partial charge in [0.25, 0.3) is 0 Å². The van der Waals surface area contributed by atoms with Gasteiger partial charge in [0, 0.05) is 6.54 Å². The predicted molar refractivity (Wildman–Crippen MR) is 70.3 cm³/mol. The first-order valence-electron chi connectivity index (χ1n) is 6.41. The monoisotopic (exact) mass is 262 g/mol. The maximum absolute atomic E-state index is 12.2. The average Bonchev–Trinajstić information content (AvgIpc) is 2.38. The van der Waals surface area contributed by atoms with Crippen molar-refractivity contribution in [1.82, 2.24) is 10.2 Å². The number of rotatable bonds is 3. The average molecular weight is 262 g/mol. The number of piperazine rings is 1. The Bertz CT molecular complexity index is 484. The first kappa shape index (κ1) is 13.4. The number of nitrogens with zero attached hydrogens (tertiary/aromatic N) is 1. The van der Waals surface area contributed by atoms with Crippen molar-refractivity contribution in [2.75, 3.05) is 0 Å². The Morgan fingerprint density at radius 2 is 1.89 bits per heavy atom. The van der Waals surface area contributed by atoms with Gasteiger partial charge in [-0.3, -0.25) is 9.59 Å². The van der Waals surface area contributed by atoms with E-state index >= 15 is 0 Å². The van der Waals surface area contributed by atoms with Crippen LogP contribution in [-0.2, 0) is 16.1 Å². The molecule has 5 heteroatoms. The van der Waals surface area contributed by atoms with Gasteiger partial charge in [0.05, 0.1) is 0 Å². The maximum atomic E-state index is 12.2. The predicted octanol–water partition coefficient (Wildman–Crippen LogP) is 1.02. The summed E-state index contributed by atoms with van der Waals surface area (Å²) < 4.78 is 0. The highest BCUT2D eigenvalue weighted by atomic mass is 16.3. The SMILES string of the molecule is CC[C@@H]1C(=O)N[C@@H](C)C(=O)N1Cc1ccc(O)cc1. The summed E-state index contributed by atoms with van der Waals surface area (Å²) in [7, 11) is 0. The van der Waals surface area contributed by atoms with Gasteiger partial charge >= 0.3 is 0 Å². The molecule has 102 valence electrons. The van der Waals surface area contributed by atoms with Crippen LogP contribution in [0.5, 0.6) is 5.75 Å². The molecule has 1 fully saturated rings.